The van der Waals surface area contributed by atoms with Crippen molar-refractivity contribution in [2.45, 2.75) is 52.1 Å². The highest BCUT2D eigenvalue weighted by atomic mass is 16.3. The topological polar surface area (TPSA) is 40.5 Å². The van der Waals surface area contributed by atoms with E-state index in [-0.39, 0.29) is 12.7 Å². The van der Waals surface area contributed by atoms with Crippen molar-refractivity contribution in [3.8, 4) is 0 Å². The van der Waals surface area contributed by atoms with Gasteiger partial charge in [0.05, 0.1) is 6.10 Å². The van der Waals surface area contributed by atoms with Gasteiger partial charge in [0, 0.05) is 6.61 Å². The quantitative estimate of drug-likeness (QED) is 0.619. The lowest BCUT2D eigenvalue weighted by atomic mass is 10.0. The van der Waals surface area contributed by atoms with Gasteiger partial charge in [0.15, 0.2) is 0 Å². The van der Waals surface area contributed by atoms with Gasteiger partial charge in [0.1, 0.15) is 0 Å². The first-order valence-electron chi connectivity index (χ1n) is 4.99. The number of aliphatic hydroxyl groups is 2. The molecule has 12 heavy (non-hydrogen) atoms. The Morgan fingerprint density at radius 3 is 2.33 bits per heavy atom. The van der Waals surface area contributed by atoms with E-state index in [0.717, 1.165) is 32.1 Å². The smallest absolute Gasteiger partial charge is 0.0540 e. The standard InChI is InChI=1S/C10H22O2/c1-3-4-5-10(12)7-6-9(2)8-11/h9-12H,3-8H2,1-2H3. The van der Waals surface area contributed by atoms with E-state index >= 15 is 0 Å². The average molecular weight is 174 g/mol. The zero-order valence-corrected chi connectivity index (χ0v) is 8.29. The molecule has 0 saturated carbocycles. The zero-order chi connectivity index (χ0) is 9.40. The van der Waals surface area contributed by atoms with Crippen LogP contribution in [0.5, 0.6) is 0 Å². The SMILES string of the molecule is CCCCC(O)CCC(C)CO. The summed E-state index contributed by atoms with van der Waals surface area (Å²) in [5, 5.41) is 18.2. The first kappa shape index (κ1) is 11.9. The van der Waals surface area contributed by atoms with Gasteiger partial charge < -0.3 is 10.2 Å². The molecule has 0 bridgehead atoms. The number of rotatable bonds is 7. The molecule has 0 spiro atoms. The Labute approximate surface area is 75.6 Å². The maximum atomic E-state index is 9.44. The molecule has 0 amide bonds. The second-order valence-electron chi connectivity index (χ2n) is 3.66. The van der Waals surface area contributed by atoms with Crippen LogP contribution in [0.15, 0.2) is 0 Å². The van der Waals surface area contributed by atoms with E-state index in [2.05, 4.69) is 6.92 Å². The molecule has 0 aromatic heterocycles. The van der Waals surface area contributed by atoms with E-state index in [9.17, 15) is 5.11 Å². The Morgan fingerprint density at radius 2 is 1.83 bits per heavy atom. The highest BCUT2D eigenvalue weighted by Gasteiger charge is 2.06. The summed E-state index contributed by atoms with van der Waals surface area (Å²) in [4.78, 5) is 0. The monoisotopic (exact) mass is 174 g/mol. The molecule has 2 unspecified atom stereocenters. The Morgan fingerprint density at radius 1 is 1.17 bits per heavy atom. The van der Waals surface area contributed by atoms with Crippen LogP contribution in [0.4, 0.5) is 0 Å². The number of hydrogen-bond acceptors (Lipinski definition) is 2. The van der Waals surface area contributed by atoms with Crippen LogP contribution in [0.3, 0.4) is 0 Å². The van der Waals surface area contributed by atoms with Crippen molar-refractivity contribution >= 4 is 0 Å². The van der Waals surface area contributed by atoms with Crippen LogP contribution in [-0.4, -0.2) is 22.9 Å². The fraction of sp³-hybridized carbons (Fsp3) is 1.00. The second kappa shape index (κ2) is 7.56. The molecule has 0 aromatic rings. The van der Waals surface area contributed by atoms with Crippen molar-refractivity contribution in [1.29, 1.82) is 0 Å². The predicted octanol–water partition coefficient (Wildman–Crippen LogP) is 1.95. The van der Waals surface area contributed by atoms with E-state index < -0.39 is 0 Å². The number of unbranched alkanes of at least 4 members (excludes halogenated alkanes) is 1. The third-order valence-corrected chi connectivity index (χ3v) is 2.20. The highest BCUT2D eigenvalue weighted by Crippen LogP contribution is 2.11. The minimum Gasteiger partial charge on any atom is -0.396 e. The summed E-state index contributed by atoms with van der Waals surface area (Å²) in [6, 6.07) is 0. The van der Waals surface area contributed by atoms with E-state index in [0.29, 0.717) is 5.92 Å². The molecule has 2 atom stereocenters. The molecule has 0 aliphatic rings. The zero-order valence-electron chi connectivity index (χ0n) is 8.29. The summed E-state index contributed by atoms with van der Waals surface area (Å²) in [6.45, 7) is 4.37. The van der Waals surface area contributed by atoms with E-state index in [4.69, 9.17) is 5.11 Å². The van der Waals surface area contributed by atoms with Crippen LogP contribution >= 0.6 is 0 Å². The summed E-state index contributed by atoms with van der Waals surface area (Å²) >= 11 is 0. The van der Waals surface area contributed by atoms with Crippen molar-refractivity contribution in [1.82, 2.24) is 0 Å². The Kier molecular flexibility index (Phi) is 7.51. The molecule has 74 valence electrons. The Bertz CT molecular complexity index is 93.8. The van der Waals surface area contributed by atoms with Gasteiger partial charge in [-0.05, 0) is 25.2 Å². The summed E-state index contributed by atoms with van der Waals surface area (Å²) in [6.07, 6.45) is 4.78. The molecule has 0 rings (SSSR count). The largest absolute Gasteiger partial charge is 0.396 e. The summed E-state index contributed by atoms with van der Waals surface area (Å²) in [5.41, 5.74) is 0. The lowest BCUT2D eigenvalue weighted by molar-refractivity contribution is 0.134. The van der Waals surface area contributed by atoms with Crippen LogP contribution in [0, 0.1) is 5.92 Å². The van der Waals surface area contributed by atoms with Gasteiger partial charge in [0.2, 0.25) is 0 Å². The first-order valence-corrected chi connectivity index (χ1v) is 4.99. The van der Waals surface area contributed by atoms with Crippen LogP contribution in [0.25, 0.3) is 0 Å². The van der Waals surface area contributed by atoms with E-state index in [1.807, 2.05) is 6.92 Å². The summed E-state index contributed by atoms with van der Waals surface area (Å²) < 4.78 is 0. The fourth-order valence-electron chi connectivity index (χ4n) is 1.15. The van der Waals surface area contributed by atoms with E-state index in [1.165, 1.54) is 0 Å². The van der Waals surface area contributed by atoms with Crippen LogP contribution in [0.1, 0.15) is 46.0 Å². The lowest BCUT2D eigenvalue weighted by Gasteiger charge is -2.12. The third kappa shape index (κ3) is 6.62. The van der Waals surface area contributed by atoms with Crippen LogP contribution < -0.4 is 0 Å². The minimum absolute atomic E-state index is 0.154. The number of aliphatic hydroxyl groups excluding tert-OH is 2. The second-order valence-corrected chi connectivity index (χ2v) is 3.66. The molecular formula is C10H22O2. The van der Waals surface area contributed by atoms with Crippen molar-refractivity contribution in [2.75, 3.05) is 6.61 Å². The Hall–Kier alpha value is -0.0800. The maximum absolute atomic E-state index is 9.44. The van der Waals surface area contributed by atoms with Gasteiger partial charge in [-0.25, -0.2) is 0 Å². The third-order valence-electron chi connectivity index (χ3n) is 2.20. The maximum Gasteiger partial charge on any atom is 0.0540 e. The molecular weight excluding hydrogens is 152 g/mol. The molecule has 0 radical (unpaired) electrons. The van der Waals surface area contributed by atoms with Crippen LogP contribution in [-0.2, 0) is 0 Å². The van der Waals surface area contributed by atoms with E-state index in [1.54, 1.807) is 0 Å². The minimum atomic E-state index is -0.154. The van der Waals surface area contributed by atoms with Gasteiger partial charge in [-0.1, -0.05) is 26.7 Å². The van der Waals surface area contributed by atoms with Gasteiger partial charge in [-0.15, -0.1) is 0 Å². The molecule has 2 N–H and O–H groups in total. The number of hydrogen-bond donors (Lipinski definition) is 2. The van der Waals surface area contributed by atoms with Crippen molar-refractivity contribution in [2.24, 2.45) is 5.92 Å². The Balaban J connectivity index is 3.24. The van der Waals surface area contributed by atoms with Gasteiger partial charge in [-0.2, -0.15) is 0 Å². The molecule has 0 heterocycles. The molecule has 0 aliphatic carbocycles. The average Bonchev–Trinajstić information content (AvgIpc) is 2.10. The predicted molar refractivity (Wildman–Crippen MR) is 51.0 cm³/mol. The van der Waals surface area contributed by atoms with Gasteiger partial charge in [0.25, 0.3) is 0 Å². The molecule has 0 aliphatic heterocycles. The summed E-state index contributed by atoms with van der Waals surface area (Å²) in [5.74, 6) is 0.335. The molecule has 0 aromatic carbocycles. The molecule has 0 fully saturated rings. The summed E-state index contributed by atoms with van der Waals surface area (Å²) in [7, 11) is 0. The van der Waals surface area contributed by atoms with Crippen LogP contribution in [0.2, 0.25) is 0 Å². The van der Waals surface area contributed by atoms with Crippen molar-refractivity contribution in [3.63, 3.8) is 0 Å². The van der Waals surface area contributed by atoms with Gasteiger partial charge >= 0.3 is 0 Å². The fourth-order valence-corrected chi connectivity index (χ4v) is 1.15. The first-order chi connectivity index (χ1) is 5.70. The van der Waals surface area contributed by atoms with Gasteiger partial charge in [-0.3, -0.25) is 0 Å². The van der Waals surface area contributed by atoms with Crippen molar-refractivity contribution in [3.05, 3.63) is 0 Å². The lowest BCUT2D eigenvalue weighted by Crippen LogP contribution is -2.10. The normalized spacial score (nSPS) is 16.0. The molecule has 2 heteroatoms. The molecule has 2 nitrogen and oxygen atoms in total. The highest BCUT2D eigenvalue weighted by molar-refractivity contribution is 4.58. The molecule has 0 saturated heterocycles. The van der Waals surface area contributed by atoms with Crippen molar-refractivity contribution < 1.29 is 10.2 Å².